The number of rotatable bonds is 3. The Morgan fingerprint density at radius 3 is 2.88 bits per heavy atom. The number of fused-ring (bicyclic) bond motifs is 1. The molecule has 1 unspecified atom stereocenters. The highest BCUT2D eigenvalue weighted by molar-refractivity contribution is 5.77. The van der Waals surface area contributed by atoms with Gasteiger partial charge in [0.25, 0.3) is 0 Å². The Labute approximate surface area is 102 Å². The monoisotopic (exact) mass is 229 g/mol. The van der Waals surface area contributed by atoms with E-state index in [4.69, 9.17) is 10.7 Å². The van der Waals surface area contributed by atoms with Crippen molar-refractivity contribution < 1.29 is 0 Å². The van der Waals surface area contributed by atoms with Gasteiger partial charge in [0.1, 0.15) is 5.82 Å². The molecule has 0 bridgehead atoms. The van der Waals surface area contributed by atoms with Gasteiger partial charge in [-0.2, -0.15) is 0 Å². The molecule has 2 N–H and O–H groups in total. The van der Waals surface area contributed by atoms with Gasteiger partial charge in [0.2, 0.25) is 0 Å². The number of hydrogen-bond acceptors (Lipinski definition) is 2. The lowest BCUT2D eigenvalue weighted by Gasteiger charge is -2.05. The van der Waals surface area contributed by atoms with Crippen LogP contribution < -0.4 is 5.73 Å². The van der Waals surface area contributed by atoms with E-state index < -0.39 is 0 Å². The van der Waals surface area contributed by atoms with E-state index >= 15 is 0 Å². The van der Waals surface area contributed by atoms with E-state index in [1.165, 1.54) is 29.7 Å². The van der Waals surface area contributed by atoms with E-state index in [1.807, 2.05) is 6.92 Å². The fourth-order valence-corrected chi connectivity index (χ4v) is 2.46. The number of hydrogen-bond donors (Lipinski definition) is 1. The van der Waals surface area contributed by atoms with Gasteiger partial charge >= 0.3 is 0 Å². The quantitative estimate of drug-likeness (QED) is 0.878. The van der Waals surface area contributed by atoms with Crippen molar-refractivity contribution in [2.24, 2.45) is 12.8 Å². The molecular weight excluding hydrogens is 210 g/mol. The molecular formula is C14H19N3. The summed E-state index contributed by atoms with van der Waals surface area (Å²) in [5, 5.41) is 0. The SMILES string of the molecule is CC(N)Cc1ccc2nc(C3CC3)n(C)c2c1. The molecule has 1 fully saturated rings. The van der Waals surface area contributed by atoms with Gasteiger partial charge in [0, 0.05) is 19.0 Å². The van der Waals surface area contributed by atoms with Crippen molar-refractivity contribution in [2.45, 2.75) is 38.1 Å². The maximum Gasteiger partial charge on any atom is 0.112 e. The number of aromatic nitrogens is 2. The Morgan fingerprint density at radius 2 is 2.24 bits per heavy atom. The van der Waals surface area contributed by atoms with Gasteiger partial charge in [-0.25, -0.2) is 4.98 Å². The normalized spacial score (nSPS) is 17.6. The zero-order valence-electron chi connectivity index (χ0n) is 10.5. The third-order valence-corrected chi connectivity index (χ3v) is 3.48. The molecule has 1 aromatic heterocycles. The van der Waals surface area contributed by atoms with Crippen molar-refractivity contribution in [1.29, 1.82) is 0 Å². The number of benzene rings is 1. The van der Waals surface area contributed by atoms with Crippen molar-refractivity contribution in [3.05, 3.63) is 29.6 Å². The predicted octanol–water partition coefficient (Wildman–Crippen LogP) is 2.34. The molecule has 0 aliphatic heterocycles. The summed E-state index contributed by atoms with van der Waals surface area (Å²) in [5.74, 6) is 1.95. The Morgan fingerprint density at radius 1 is 1.47 bits per heavy atom. The van der Waals surface area contributed by atoms with Crippen LogP contribution in [0, 0.1) is 0 Å². The van der Waals surface area contributed by atoms with Crippen LogP contribution in [0.25, 0.3) is 11.0 Å². The fraction of sp³-hybridized carbons (Fsp3) is 0.500. The van der Waals surface area contributed by atoms with Crippen LogP contribution in [-0.4, -0.2) is 15.6 Å². The van der Waals surface area contributed by atoms with E-state index in [1.54, 1.807) is 0 Å². The van der Waals surface area contributed by atoms with Gasteiger partial charge in [-0.1, -0.05) is 6.07 Å². The molecule has 90 valence electrons. The molecule has 1 heterocycles. The Kier molecular flexibility index (Phi) is 2.44. The minimum Gasteiger partial charge on any atom is -0.331 e. The Hall–Kier alpha value is -1.35. The molecule has 0 saturated heterocycles. The van der Waals surface area contributed by atoms with Crippen LogP contribution in [0.1, 0.15) is 37.1 Å². The maximum atomic E-state index is 5.85. The molecule has 0 amide bonds. The van der Waals surface area contributed by atoms with Gasteiger partial charge in [0.05, 0.1) is 11.0 Å². The van der Waals surface area contributed by atoms with Crippen LogP contribution in [0.15, 0.2) is 18.2 Å². The third kappa shape index (κ3) is 1.95. The molecule has 17 heavy (non-hydrogen) atoms. The minimum atomic E-state index is 0.212. The lowest BCUT2D eigenvalue weighted by atomic mass is 10.1. The molecule has 3 heteroatoms. The van der Waals surface area contributed by atoms with Crippen LogP contribution in [-0.2, 0) is 13.5 Å². The van der Waals surface area contributed by atoms with Crippen molar-refractivity contribution in [1.82, 2.24) is 9.55 Å². The summed E-state index contributed by atoms with van der Waals surface area (Å²) >= 11 is 0. The highest BCUT2D eigenvalue weighted by Gasteiger charge is 2.28. The molecule has 2 aromatic rings. The largest absolute Gasteiger partial charge is 0.331 e. The number of nitrogens with two attached hydrogens (primary N) is 1. The standard InChI is InChI=1S/C14H19N3/c1-9(15)7-10-3-6-12-13(8-10)17(2)14(16-12)11-4-5-11/h3,6,8-9,11H,4-5,7,15H2,1-2H3. The fourth-order valence-electron chi connectivity index (χ4n) is 2.46. The summed E-state index contributed by atoms with van der Waals surface area (Å²) in [6.07, 6.45) is 3.52. The van der Waals surface area contributed by atoms with Crippen molar-refractivity contribution >= 4 is 11.0 Å². The first-order valence-corrected chi connectivity index (χ1v) is 6.36. The lowest BCUT2D eigenvalue weighted by molar-refractivity contribution is 0.738. The highest BCUT2D eigenvalue weighted by Crippen LogP contribution is 2.40. The number of nitrogens with zero attached hydrogens (tertiary/aromatic N) is 2. The summed E-state index contributed by atoms with van der Waals surface area (Å²) in [4.78, 5) is 4.73. The van der Waals surface area contributed by atoms with Gasteiger partial charge in [-0.15, -0.1) is 0 Å². The second-order valence-corrected chi connectivity index (χ2v) is 5.31. The molecule has 3 nitrogen and oxygen atoms in total. The summed E-state index contributed by atoms with van der Waals surface area (Å²) in [7, 11) is 2.12. The summed E-state index contributed by atoms with van der Waals surface area (Å²) in [6.45, 7) is 2.04. The first-order chi connectivity index (χ1) is 8.15. The van der Waals surface area contributed by atoms with Crippen LogP contribution in [0.5, 0.6) is 0 Å². The maximum absolute atomic E-state index is 5.85. The van der Waals surface area contributed by atoms with E-state index in [0.717, 1.165) is 11.9 Å². The zero-order valence-corrected chi connectivity index (χ0v) is 10.5. The molecule has 1 atom stereocenters. The summed E-state index contributed by atoms with van der Waals surface area (Å²) in [5.41, 5.74) is 9.51. The van der Waals surface area contributed by atoms with Crippen LogP contribution >= 0.6 is 0 Å². The molecule has 0 spiro atoms. The van der Waals surface area contributed by atoms with E-state index in [0.29, 0.717) is 5.92 Å². The second-order valence-electron chi connectivity index (χ2n) is 5.31. The molecule has 3 rings (SSSR count). The third-order valence-electron chi connectivity index (χ3n) is 3.48. The molecule has 0 radical (unpaired) electrons. The molecule has 1 aliphatic carbocycles. The highest BCUT2D eigenvalue weighted by atomic mass is 15.1. The van der Waals surface area contributed by atoms with E-state index in [-0.39, 0.29) is 6.04 Å². The molecule has 1 aromatic carbocycles. The topological polar surface area (TPSA) is 43.8 Å². The van der Waals surface area contributed by atoms with Crippen LogP contribution in [0.2, 0.25) is 0 Å². The van der Waals surface area contributed by atoms with Crippen LogP contribution in [0.4, 0.5) is 0 Å². The molecule has 1 aliphatic rings. The summed E-state index contributed by atoms with van der Waals surface area (Å²) in [6, 6.07) is 6.72. The van der Waals surface area contributed by atoms with Crippen molar-refractivity contribution in [3.63, 3.8) is 0 Å². The van der Waals surface area contributed by atoms with Gasteiger partial charge in [-0.3, -0.25) is 0 Å². The zero-order chi connectivity index (χ0) is 12.0. The van der Waals surface area contributed by atoms with Gasteiger partial charge in [-0.05, 0) is 43.9 Å². The van der Waals surface area contributed by atoms with Crippen molar-refractivity contribution in [2.75, 3.05) is 0 Å². The summed E-state index contributed by atoms with van der Waals surface area (Å²) < 4.78 is 2.25. The van der Waals surface area contributed by atoms with Crippen LogP contribution in [0.3, 0.4) is 0 Å². The average molecular weight is 229 g/mol. The minimum absolute atomic E-state index is 0.212. The van der Waals surface area contributed by atoms with E-state index in [2.05, 4.69) is 29.8 Å². The smallest absolute Gasteiger partial charge is 0.112 e. The van der Waals surface area contributed by atoms with Gasteiger partial charge in [0.15, 0.2) is 0 Å². The first kappa shape index (κ1) is 10.8. The Bertz CT molecular complexity index is 550. The predicted molar refractivity (Wildman–Crippen MR) is 70.0 cm³/mol. The van der Waals surface area contributed by atoms with Gasteiger partial charge < -0.3 is 10.3 Å². The number of imidazole rings is 1. The second kappa shape index (κ2) is 3.84. The Balaban J connectivity index is 2.05. The molecule has 1 saturated carbocycles. The average Bonchev–Trinajstić information content (AvgIpc) is 3.05. The lowest BCUT2D eigenvalue weighted by Crippen LogP contribution is -2.17. The first-order valence-electron chi connectivity index (χ1n) is 6.36. The van der Waals surface area contributed by atoms with E-state index in [9.17, 15) is 0 Å². The number of aryl methyl sites for hydroxylation is 1. The van der Waals surface area contributed by atoms with Crippen molar-refractivity contribution in [3.8, 4) is 0 Å².